The zero-order valence-corrected chi connectivity index (χ0v) is 30.1. The molecular weight excluding hydrogens is 691 g/mol. The zero-order chi connectivity index (χ0) is 33.4. The van der Waals surface area contributed by atoms with Gasteiger partial charge in [0.15, 0.2) is 0 Å². The lowest BCUT2D eigenvalue weighted by atomic mass is 9.60. The number of anilines is 5. The Morgan fingerprint density at radius 1 is 1.00 bits per heavy atom. The number of aryl methyl sites for hydroxylation is 1. The fraction of sp³-hybridized carbons (Fsp3) is 0.382. The zero-order valence-electron chi connectivity index (χ0n) is 27.7. The number of methoxy groups -OCH3 is 1. The molecule has 0 radical (unpaired) electrons. The van der Waals surface area contributed by atoms with Crippen LogP contribution in [-0.4, -0.2) is 87.8 Å². The summed E-state index contributed by atoms with van der Waals surface area (Å²) in [4.78, 5) is 23.3. The summed E-state index contributed by atoms with van der Waals surface area (Å²) in [5.74, 6) is 1.60. The first-order valence-electron chi connectivity index (χ1n) is 16.1. The summed E-state index contributed by atoms with van der Waals surface area (Å²) >= 11 is 3.60. The Bertz CT molecular complexity index is 2120. The lowest BCUT2D eigenvalue weighted by molar-refractivity contribution is -0.0577. The number of ether oxygens (including phenoxy) is 1. The highest BCUT2D eigenvalue weighted by Gasteiger charge is 2.53. The third-order valence-electron chi connectivity index (χ3n) is 9.95. The van der Waals surface area contributed by atoms with Crippen LogP contribution in [0.2, 0.25) is 0 Å². The highest BCUT2D eigenvalue weighted by atomic mass is 79.9. The summed E-state index contributed by atoms with van der Waals surface area (Å²) < 4.78 is 22.1. The molecule has 2 N–H and O–H groups in total. The molecule has 0 amide bonds. The fourth-order valence-electron chi connectivity index (χ4n) is 7.95. The molecule has 5 heterocycles. The molecule has 1 saturated carbocycles. The molecular formula is C34H38BrN10O2P. The monoisotopic (exact) mass is 728 g/mol. The summed E-state index contributed by atoms with van der Waals surface area (Å²) in [7, 11) is 3.17. The van der Waals surface area contributed by atoms with Crippen molar-refractivity contribution in [1.29, 1.82) is 0 Å². The Labute approximate surface area is 287 Å². The van der Waals surface area contributed by atoms with Crippen molar-refractivity contribution in [2.24, 2.45) is 12.5 Å². The van der Waals surface area contributed by atoms with E-state index >= 15 is 0 Å². The van der Waals surface area contributed by atoms with E-state index in [1.54, 1.807) is 39.0 Å². The smallest absolute Gasteiger partial charge is 0.229 e. The van der Waals surface area contributed by atoms with Crippen LogP contribution >= 0.6 is 23.1 Å². The molecule has 2 fully saturated rings. The largest absolute Gasteiger partial charge is 0.494 e. The highest BCUT2D eigenvalue weighted by Crippen LogP contribution is 2.53. The summed E-state index contributed by atoms with van der Waals surface area (Å²) in [6, 6.07) is 8.52. The van der Waals surface area contributed by atoms with Gasteiger partial charge in [0.2, 0.25) is 5.95 Å². The lowest BCUT2D eigenvalue weighted by Gasteiger charge is -2.60. The number of nitrogens with zero attached hydrogens (tertiary/aromatic N) is 8. The van der Waals surface area contributed by atoms with E-state index < -0.39 is 7.14 Å². The Morgan fingerprint density at radius 2 is 1.79 bits per heavy atom. The standard InChI is InChI=1S/C34H38BrN10O2P/c1-43-18-34(19-43)14-20(15-34)45-11-8-27-22(16-39-44(27)2)21-12-26(29(47-3)13-28(21)45)41-33-38-17-23(35)32(42-33)40-25-7-6-24-30(37-10-9-36-24)31(25)48(4,5)46/h6-7,9-10,12-13,16-17,20H,8,11,14-15,18-19H2,1-5H3,(H2,38,40,41,42). The Balaban J connectivity index is 1.15. The van der Waals surface area contributed by atoms with Crippen LogP contribution in [0.25, 0.3) is 22.2 Å². The number of benzene rings is 2. The van der Waals surface area contributed by atoms with Crippen molar-refractivity contribution in [1.82, 2.24) is 34.6 Å². The quantitative estimate of drug-likeness (QED) is 0.198. The maximum atomic E-state index is 13.5. The Hall–Kier alpha value is -4.06. The first-order chi connectivity index (χ1) is 23.0. The van der Waals surface area contributed by atoms with Crippen molar-refractivity contribution < 1.29 is 9.30 Å². The third kappa shape index (κ3) is 5.32. The van der Waals surface area contributed by atoms with E-state index in [0.717, 1.165) is 29.8 Å². The molecule has 248 valence electrons. The third-order valence-corrected chi connectivity index (χ3v) is 12.1. The topological polar surface area (TPSA) is 126 Å². The summed E-state index contributed by atoms with van der Waals surface area (Å²) in [6.45, 7) is 6.78. The van der Waals surface area contributed by atoms with Crippen LogP contribution in [0.3, 0.4) is 0 Å². The van der Waals surface area contributed by atoms with Crippen LogP contribution < -0.4 is 25.6 Å². The van der Waals surface area contributed by atoms with E-state index in [1.165, 1.54) is 37.3 Å². The maximum Gasteiger partial charge on any atom is 0.229 e. The van der Waals surface area contributed by atoms with Gasteiger partial charge in [-0.15, -0.1) is 0 Å². The fourth-order valence-corrected chi connectivity index (χ4v) is 9.63. The normalized spacial score (nSPS) is 17.3. The van der Waals surface area contributed by atoms with Crippen LogP contribution in [0.4, 0.5) is 28.8 Å². The van der Waals surface area contributed by atoms with Crippen LogP contribution in [0, 0.1) is 5.41 Å². The molecule has 0 atom stereocenters. The van der Waals surface area contributed by atoms with Gasteiger partial charge in [-0.05, 0) is 72.8 Å². The molecule has 12 nitrogen and oxygen atoms in total. The minimum atomic E-state index is -2.76. The van der Waals surface area contributed by atoms with E-state index in [-0.39, 0.29) is 0 Å². The number of hydrogen-bond acceptors (Lipinski definition) is 11. The van der Waals surface area contributed by atoms with Gasteiger partial charge in [0.25, 0.3) is 0 Å². The maximum absolute atomic E-state index is 13.5. The Kier molecular flexibility index (Phi) is 7.50. The molecule has 1 saturated heterocycles. The van der Waals surface area contributed by atoms with Crippen LogP contribution in [0.15, 0.2) is 53.5 Å². The molecule has 48 heavy (non-hydrogen) atoms. The van der Waals surface area contributed by atoms with Crippen LogP contribution in [0.1, 0.15) is 18.5 Å². The van der Waals surface area contributed by atoms with Crippen molar-refractivity contribution in [2.75, 3.05) is 62.7 Å². The van der Waals surface area contributed by atoms with Crippen molar-refractivity contribution in [3.05, 3.63) is 59.2 Å². The average molecular weight is 730 g/mol. The van der Waals surface area contributed by atoms with Gasteiger partial charge in [-0.2, -0.15) is 10.1 Å². The summed E-state index contributed by atoms with van der Waals surface area (Å²) in [5, 5.41) is 12.1. The average Bonchev–Trinajstić information content (AvgIpc) is 3.31. The number of fused-ring (bicyclic) bond motifs is 4. The van der Waals surface area contributed by atoms with Gasteiger partial charge in [0, 0.05) is 86.3 Å². The number of halogens is 1. The molecule has 3 aromatic heterocycles. The van der Waals surface area contributed by atoms with Crippen LogP contribution in [-0.2, 0) is 18.0 Å². The van der Waals surface area contributed by atoms with Crippen molar-refractivity contribution in [2.45, 2.75) is 25.3 Å². The minimum Gasteiger partial charge on any atom is -0.494 e. The van der Waals surface area contributed by atoms with Gasteiger partial charge in [-0.1, -0.05) is 0 Å². The number of nitrogens with one attached hydrogen (secondary N) is 2. The second kappa shape index (κ2) is 11.5. The minimum absolute atomic E-state index is 0.379. The van der Waals surface area contributed by atoms with Crippen LogP contribution in [0.5, 0.6) is 5.75 Å². The van der Waals surface area contributed by atoms with Crippen molar-refractivity contribution >= 4 is 68.2 Å². The molecule has 2 aromatic carbocycles. The van der Waals surface area contributed by atoms with Gasteiger partial charge < -0.3 is 29.7 Å². The van der Waals surface area contributed by atoms with Gasteiger partial charge in [-0.3, -0.25) is 14.6 Å². The summed E-state index contributed by atoms with van der Waals surface area (Å²) in [6.07, 6.45) is 10.3. The van der Waals surface area contributed by atoms with Gasteiger partial charge >= 0.3 is 0 Å². The molecule has 8 rings (SSSR count). The molecule has 1 spiro atoms. The van der Waals surface area contributed by atoms with E-state index in [9.17, 15) is 4.57 Å². The van der Waals surface area contributed by atoms with Gasteiger partial charge in [0.05, 0.1) is 40.0 Å². The van der Waals surface area contributed by atoms with E-state index in [4.69, 9.17) is 9.72 Å². The molecule has 5 aromatic rings. The van der Waals surface area contributed by atoms with Gasteiger partial charge in [0.1, 0.15) is 24.2 Å². The van der Waals surface area contributed by atoms with E-state index in [2.05, 4.69) is 75.6 Å². The second-order valence-electron chi connectivity index (χ2n) is 13.8. The number of likely N-dealkylation sites (tertiary alicyclic amines) is 1. The lowest BCUT2D eigenvalue weighted by Crippen LogP contribution is -2.65. The molecule has 0 unspecified atom stereocenters. The van der Waals surface area contributed by atoms with Crippen molar-refractivity contribution in [3.63, 3.8) is 0 Å². The van der Waals surface area contributed by atoms with Gasteiger partial charge in [-0.25, -0.2) is 4.98 Å². The Morgan fingerprint density at radius 3 is 2.54 bits per heavy atom. The second-order valence-corrected chi connectivity index (χ2v) is 17.8. The number of hydrogen-bond donors (Lipinski definition) is 2. The molecule has 0 bridgehead atoms. The molecule has 2 aliphatic heterocycles. The predicted molar refractivity (Wildman–Crippen MR) is 194 cm³/mol. The molecule has 3 aliphatic rings. The SMILES string of the molecule is COc1cc2c(cc1Nc1ncc(Br)c(Nc3ccc4nccnc4c3P(C)(C)=O)n1)-c1cnn(C)c1CCN2C1CC2(C1)CN(C)C2. The highest BCUT2D eigenvalue weighted by molar-refractivity contribution is 9.10. The molecule has 1 aliphatic carbocycles. The van der Waals surface area contributed by atoms with Crippen molar-refractivity contribution in [3.8, 4) is 16.9 Å². The molecule has 14 heteroatoms. The number of aromatic nitrogens is 6. The van der Waals surface area contributed by atoms with E-state index in [0.29, 0.717) is 55.5 Å². The number of rotatable bonds is 7. The summed E-state index contributed by atoms with van der Waals surface area (Å²) in [5.41, 5.74) is 7.81. The van der Waals surface area contributed by atoms with E-state index in [1.807, 2.05) is 30.1 Å². The first kappa shape index (κ1) is 31.2. The predicted octanol–water partition coefficient (Wildman–Crippen LogP) is 5.78. The first-order valence-corrected chi connectivity index (χ1v) is 19.5.